The van der Waals surface area contributed by atoms with E-state index in [9.17, 15) is 0 Å². The van der Waals surface area contributed by atoms with Crippen molar-refractivity contribution in [3.8, 4) is 0 Å². The summed E-state index contributed by atoms with van der Waals surface area (Å²) < 4.78 is 35.0. The number of allylic oxidation sites excluding steroid dienone is 3. The van der Waals surface area contributed by atoms with Gasteiger partial charge in [0.25, 0.3) is 0 Å². The fourth-order valence-electron chi connectivity index (χ4n) is 9.94. The maximum atomic E-state index is 7.42. The molecule has 0 saturated heterocycles. The number of fused-ring (bicyclic) bond motifs is 1. The predicted molar refractivity (Wildman–Crippen MR) is 267 cm³/mol. The summed E-state index contributed by atoms with van der Waals surface area (Å²) in [5.41, 5.74) is 3.56. The molecule has 0 aromatic heterocycles. The van der Waals surface area contributed by atoms with Gasteiger partial charge < -0.3 is 22.4 Å². The minimum atomic E-state index is -2.11. The van der Waals surface area contributed by atoms with Gasteiger partial charge in [0.1, 0.15) is 6.10 Å². The zero-order valence-corrected chi connectivity index (χ0v) is 47.4. The Kier molecular flexibility index (Phi) is 17.9. The van der Waals surface area contributed by atoms with E-state index in [4.69, 9.17) is 22.4 Å². The van der Waals surface area contributed by atoms with Gasteiger partial charge in [0.05, 0.1) is 17.8 Å². The van der Waals surface area contributed by atoms with Gasteiger partial charge in [0.2, 0.25) is 0 Å². The van der Waals surface area contributed by atoms with Crippen molar-refractivity contribution in [3.05, 3.63) is 23.3 Å². The quantitative estimate of drug-likeness (QED) is 0.101. The lowest BCUT2D eigenvalue weighted by molar-refractivity contribution is -0.102. The van der Waals surface area contributed by atoms with Crippen LogP contribution in [0.15, 0.2) is 23.3 Å². The van der Waals surface area contributed by atoms with Crippen molar-refractivity contribution < 1.29 is 22.4 Å². The van der Waals surface area contributed by atoms with E-state index >= 15 is 0 Å². The van der Waals surface area contributed by atoms with Crippen molar-refractivity contribution in [2.75, 3.05) is 13.2 Å². The van der Waals surface area contributed by atoms with Crippen LogP contribution in [0.4, 0.5) is 0 Å². The molecule has 0 bridgehead atoms. The average Bonchev–Trinajstić information content (AvgIpc) is 3.39. The van der Waals surface area contributed by atoms with Crippen molar-refractivity contribution >= 4 is 33.3 Å². The first-order chi connectivity index (χ1) is 26.5. The number of hydrogen-bond acceptors (Lipinski definition) is 5. The fourth-order valence-corrected chi connectivity index (χ4v) is 15.4. The van der Waals surface area contributed by atoms with Crippen LogP contribution in [0, 0.1) is 23.2 Å². The van der Waals surface area contributed by atoms with Gasteiger partial charge in [0.15, 0.2) is 33.3 Å². The van der Waals surface area contributed by atoms with Gasteiger partial charge in [-0.2, -0.15) is 0 Å². The molecule has 3 rings (SSSR count). The third-order valence-corrected chi connectivity index (χ3v) is 31.0. The molecule has 0 N–H and O–H groups in total. The molecule has 0 radical (unpaired) electrons. The average molecular weight is 894 g/mol. The topological polar surface area (TPSA) is 46.2 Å². The van der Waals surface area contributed by atoms with Gasteiger partial charge in [-0.15, -0.1) is 0 Å². The Morgan fingerprint density at radius 2 is 1.22 bits per heavy atom. The highest BCUT2D eigenvalue weighted by Gasteiger charge is 2.51. The smallest absolute Gasteiger partial charge is 0.192 e. The largest absolute Gasteiger partial charge is 0.417 e. The Bertz CT molecular complexity index is 1370. The van der Waals surface area contributed by atoms with Crippen LogP contribution < -0.4 is 0 Å². The zero-order chi connectivity index (χ0) is 45.3. The molecular formula is C50H100O5Si4. The first kappa shape index (κ1) is 53.5. The molecule has 0 spiro atoms. The molecule has 3 saturated carbocycles. The molecule has 0 heterocycles. The lowest BCUT2D eigenvalue weighted by atomic mass is 9.60. The minimum absolute atomic E-state index is 0.0190. The maximum Gasteiger partial charge on any atom is 0.192 e. The van der Waals surface area contributed by atoms with E-state index in [0.29, 0.717) is 17.9 Å². The van der Waals surface area contributed by atoms with Crippen LogP contribution in [0.25, 0.3) is 0 Å². The molecule has 9 heteroatoms. The predicted octanol–water partition coefficient (Wildman–Crippen LogP) is 15.9. The van der Waals surface area contributed by atoms with Gasteiger partial charge in [-0.25, -0.2) is 0 Å². The normalized spacial score (nSPS) is 28.3. The molecule has 59 heavy (non-hydrogen) atoms. The van der Waals surface area contributed by atoms with E-state index in [-0.39, 0.29) is 39.0 Å². The summed E-state index contributed by atoms with van der Waals surface area (Å²) in [6.07, 6.45) is 18.1. The molecule has 3 aliphatic carbocycles. The Balaban J connectivity index is 1.89. The van der Waals surface area contributed by atoms with Gasteiger partial charge in [-0.1, -0.05) is 112 Å². The van der Waals surface area contributed by atoms with Gasteiger partial charge in [-0.3, -0.25) is 0 Å². The lowest BCUT2D eigenvalue weighted by Crippen LogP contribution is -2.56. The molecule has 0 aromatic carbocycles. The molecule has 346 valence electrons. The molecule has 0 aliphatic heterocycles. The highest BCUT2D eigenvalue weighted by molar-refractivity contribution is 6.75. The first-order valence-corrected chi connectivity index (χ1v) is 36.4. The molecular weight excluding hydrogens is 793 g/mol. The Morgan fingerprint density at radius 3 is 1.71 bits per heavy atom. The van der Waals surface area contributed by atoms with E-state index in [0.717, 1.165) is 44.1 Å². The van der Waals surface area contributed by atoms with E-state index in [1.807, 2.05) is 0 Å². The van der Waals surface area contributed by atoms with E-state index < -0.39 is 33.3 Å². The van der Waals surface area contributed by atoms with Crippen LogP contribution >= 0.6 is 0 Å². The molecule has 3 aliphatic rings. The standard InChI is InChI=1S/C50H100O5Si4/c1-38(26-23-32-49(11,12)55-56(14,15)16)41-30-31-42-40(27-24-33-50(41,42)13)29-28-39-36-43(53-58(19,20)47(5,6)7)45(44(37-39)54-59(21,22)48(8,9)10)51-34-25-35-52-57(17,18)46(2,3)4/h28-29,38,41-45H,23-27,30-37H2,1-22H3/t38-,41-,42+,43-,44-,45?,50-/m1/s1. The van der Waals surface area contributed by atoms with Crippen LogP contribution in [0.5, 0.6) is 0 Å². The van der Waals surface area contributed by atoms with E-state index in [1.165, 1.54) is 50.5 Å². The van der Waals surface area contributed by atoms with Crippen LogP contribution in [0.1, 0.15) is 161 Å². The number of rotatable bonds is 18. The lowest BCUT2D eigenvalue weighted by Gasteiger charge is -2.48. The number of hydrogen-bond donors (Lipinski definition) is 0. The SMILES string of the molecule is C[C@H](CCCC(C)(C)O[Si](C)(C)C)[C@H]1CC[C@H]2C(=CC=C3C[C@@H](O[Si](C)(C)C(C)(C)C)C(OCCCO[Si](C)(C)C(C)(C)C)[C@H](O[Si](C)(C)C(C)(C)C)C3)CCC[C@]12C. The van der Waals surface area contributed by atoms with Crippen LogP contribution in [0.3, 0.4) is 0 Å². The molecule has 3 fully saturated rings. The molecule has 5 nitrogen and oxygen atoms in total. The van der Waals surface area contributed by atoms with Crippen molar-refractivity contribution in [1.82, 2.24) is 0 Å². The summed E-state index contributed by atoms with van der Waals surface area (Å²) in [5.74, 6) is 2.24. The fraction of sp³-hybridized carbons (Fsp3) is 0.920. The second-order valence-corrected chi connectivity index (χ2v) is 44.8. The summed E-state index contributed by atoms with van der Waals surface area (Å²) in [4.78, 5) is 0. The Morgan fingerprint density at radius 1 is 0.695 bits per heavy atom. The minimum Gasteiger partial charge on any atom is -0.417 e. The molecule has 0 aromatic rings. The summed E-state index contributed by atoms with van der Waals surface area (Å²) in [5, 5.41) is 0.413. The van der Waals surface area contributed by atoms with Gasteiger partial charge in [-0.05, 0) is 169 Å². The van der Waals surface area contributed by atoms with Gasteiger partial charge >= 0.3 is 0 Å². The van der Waals surface area contributed by atoms with Crippen LogP contribution in [-0.4, -0.2) is 70.4 Å². The maximum absolute atomic E-state index is 7.42. The highest BCUT2D eigenvalue weighted by Crippen LogP contribution is 2.60. The molecule has 0 amide bonds. The monoisotopic (exact) mass is 893 g/mol. The summed E-state index contributed by atoms with van der Waals surface area (Å²) in [7, 11) is -7.59. The summed E-state index contributed by atoms with van der Waals surface area (Å²) in [6, 6.07) is 0. The molecule has 6 atom stereocenters. The van der Waals surface area contributed by atoms with Crippen molar-refractivity contribution in [2.24, 2.45) is 23.2 Å². The first-order valence-electron chi connectivity index (χ1n) is 24.2. The summed E-state index contributed by atoms with van der Waals surface area (Å²) >= 11 is 0. The number of ether oxygens (including phenoxy) is 1. The third-order valence-electron chi connectivity index (χ3n) is 16.3. The Labute approximate surface area is 372 Å². The van der Waals surface area contributed by atoms with E-state index in [2.05, 4.69) is 161 Å². The van der Waals surface area contributed by atoms with Gasteiger partial charge in [0, 0.05) is 13.2 Å². The third kappa shape index (κ3) is 14.6. The highest BCUT2D eigenvalue weighted by atomic mass is 28.4. The van der Waals surface area contributed by atoms with Crippen LogP contribution in [-0.2, 0) is 22.4 Å². The zero-order valence-electron chi connectivity index (χ0n) is 43.4. The van der Waals surface area contributed by atoms with Crippen molar-refractivity contribution in [3.63, 3.8) is 0 Å². The van der Waals surface area contributed by atoms with Crippen LogP contribution in [0.2, 0.25) is 74.0 Å². The van der Waals surface area contributed by atoms with Crippen molar-refractivity contribution in [2.45, 2.75) is 259 Å². The summed E-state index contributed by atoms with van der Waals surface area (Å²) in [6.45, 7) is 53.7. The van der Waals surface area contributed by atoms with Crippen molar-refractivity contribution in [1.29, 1.82) is 0 Å². The van der Waals surface area contributed by atoms with E-state index in [1.54, 1.807) is 5.57 Å². The Hall–Kier alpha value is 0.148. The molecule has 0 unspecified atom stereocenters. The second kappa shape index (κ2) is 19.7. The second-order valence-electron chi connectivity index (χ2n) is 26.0.